The van der Waals surface area contributed by atoms with Crippen LogP contribution in [0.25, 0.3) is 0 Å². The standard InChI is InChI=1S/C48H65N9O7S2/c1-4-33-8-5-6-9-40(33)42-10-7-21-56(42)37-27-48(28-37)18-22-55(23-19-48)36-15-16-41(44(25-36)64-38-24-34-17-20-49-45(34)51-30-38)47(58)54-66(62,63)39-26-43(57(59)60)46(52-31-39)50-29-32-11-13-35(14-12-32)53-65(2,3)61/h5-6,8-9,16-17,20,25-26,30-32,34-37,42-43,46,50H,4,7,10-15,18-19,21-24,27-29H2,1-3H3,(H,49,51)(H,54,58)/t32?,34?,35?,36-,42-,43+,46?/m1/s1. The summed E-state index contributed by atoms with van der Waals surface area (Å²) in [4.78, 5) is 39.3. The molecule has 0 aromatic heterocycles. The van der Waals surface area contributed by atoms with Gasteiger partial charge in [0.15, 0.2) is 6.17 Å². The number of ether oxygens (including phenoxy) is 1. The van der Waals surface area contributed by atoms with Gasteiger partial charge in [0.25, 0.3) is 22.0 Å². The molecule has 0 bridgehead atoms. The van der Waals surface area contributed by atoms with Crippen LogP contribution in [-0.4, -0.2) is 114 Å². The smallest absolute Gasteiger partial charge is 0.268 e. The molecule has 1 aromatic rings. The van der Waals surface area contributed by atoms with Gasteiger partial charge >= 0.3 is 0 Å². The number of nitrogens with zero attached hydrogens (tertiary/aromatic N) is 6. The number of sulfonamides is 1. The van der Waals surface area contributed by atoms with Gasteiger partial charge in [-0.25, -0.2) is 22.5 Å². The number of likely N-dealkylation sites (tertiary alicyclic amines) is 2. The first-order valence-electron chi connectivity index (χ1n) is 23.9. The number of fused-ring (bicyclic) bond motifs is 1. The van der Waals surface area contributed by atoms with Gasteiger partial charge in [0.1, 0.15) is 22.3 Å². The number of piperidine rings is 1. The first kappa shape index (κ1) is 46.6. The van der Waals surface area contributed by atoms with E-state index in [9.17, 15) is 27.5 Å². The molecule has 1 aromatic carbocycles. The molecule has 5 atom stereocenters. The molecule has 18 heteroatoms. The SMILES string of the molecule is CCc1ccccc1[C@H]1CCCN1C1CC2(CCN([C@H]3C=C(OC4=CN=C5NC=CC5C4)C(C(=O)NS(=O)(=O)C4=C[C@H]([N+](=O)[O-])C(NCC5CCC(N=S(C)(C)=O)CC5)N=C4)=CC3)CC2)C1. The minimum atomic E-state index is -4.57. The molecule has 5 aliphatic heterocycles. The van der Waals surface area contributed by atoms with Crippen LogP contribution >= 0.6 is 0 Å². The minimum absolute atomic E-state index is 0.00730. The molecule has 3 aliphatic carbocycles. The maximum Gasteiger partial charge on any atom is 0.268 e. The second kappa shape index (κ2) is 19.2. The molecule has 1 amide bonds. The summed E-state index contributed by atoms with van der Waals surface area (Å²) in [7, 11) is -6.76. The largest absolute Gasteiger partial charge is 0.460 e. The van der Waals surface area contributed by atoms with Crippen molar-refractivity contribution >= 4 is 37.7 Å². The molecule has 3 N–H and O–H groups in total. The number of amidine groups is 1. The van der Waals surface area contributed by atoms with Crippen LogP contribution in [0.5, 0.6) is 0 Å². The van der Waals surface area contributed by atoms with Crippen LogP contribution in [0.4, 0.5) is 0 Å². The normalized spacial score (nSPS) is 30.2. The lowest BCUT2D eigenvalue weighted by Crippen LogP contribution is -2.56. The van der Waals surface area contributed by atoms with Crippen molar-refractivity contribution in [1.82, 2.24) is 25.2 Å². The molecule has 16 nitrogen and oxygen atoms in total. The summed E-state index contributed by atoms with van der Waals surface area (Å²) >= 11 is 0. The highest BCUT2D eigenvalue weighted by molar-refractivity contribution is 7.94. The predicted octanol–water partition coefficient (Wildman–Crippen LogP) is 5.87. The van der Waals surface area contributed by atoms with E-state index < -0.39 is 47.7 Å². The van der Waals surface area contributed by atoms with E-state index in [1.54, 1.807) is 24.8 Å². The second-order valence-corrected chi connectivity index (χ2v) is 24.2. The maximum absolute atomic E-state index is 14.0. The minimum Gasteiger partial charge on any atom is -0.460 e. The zero-order chi connectivity index (χ0) is 46.2. The Kier molecular flexibility index (Phi) is 13.6. The average molecular weight is 944 g/mol. The van der Waals surface area contributed by atoms with Crippen molar-refractivity contribution in [3.05, 3.63) is 104 Å². The van der Waals surface area contributed by atoms with E-state index in [0.717, 1.165) is 76.2 Å². The molecule has 4 fully saturated rings. The monoisotopic (exact) mass is 943 g/mol. The predicted molar refractivity (Wildman–Crippen MR) is 257 cm³/mol. The number of benzene rings is 1. The number of carbonyl (C=O) groups is 1. The summed E-state index contributed by atoms with van der Waals surface area (Å²) in [5, 5.41) is 18.6. The Morgan fingerprint density at radius 3 is 2.58 bits per heavy atom. The summed E-state index contributed by atoms with van der Waals surface area (Å²) in [5.41, 5.74) is 3.39. The number of amides is 1. The Morgan fingerprint density at radius 1 is 1.06 bits per heavy atom. The van der Waals surface area contributed by atoms with E-state index in [4.69, 9.17) is 4.74 Å². The Bertz CT molecular complexity index is 2510. The second-order valence-electron chi connectivity index (χ2n) is 19.9. The number of aliphatic imine (C=N–C) groups is 2. The number of nitro groups is 1. The van der Waals surface area contributed by atoms with Crippen LogP contribution in [0.1, 0.15) is 101 Å². The molecular formula is C48H65N9O7S2. The van der Waals surface area contributed by atoms with Crippen molar-refractivity contribution < 1.29 is 27.1 Å². The van der Waals surface area contributed by atoms with Crippen molar-refractivity contribution in [2.45, 2.75) is 127 Å². The average Bonchev–Trinajstić information content (AvgIpc) is 3.97. The number of carbonyl (C=O) groups excluding carboxylic acids is 1. The number of hydrogen-bond donors (Lipinski definition) is 3. The summed E-state index contributed by atoms with van der Waals surface area (Å²) in [6, 6.07) is 8.60. The Hall–Kier alpha value is -4.49. The van der Waals surface area contributed by atoms with Crippen LogP contribution in [-0.2, 0) is 35.7 Å². The van der Waals surface area contributed by atoms with E-state index in [0.29, 0.717) is 42.6 Å². The fourth-order valence-corrected chi connectivity index (χ4v) is 13.5. The number of allylic oxidation sites excluding steroid dienone is 2. The number of nitrogens with one attached hydrogen (secondary N) is 3. The zero-order valence-corrected chi connectivity index (χ0v) is 40.0. The molecule has 9 rings (SSSR count). The van der Waals surface area contributed by atoms with Gasteiger partial charge in [0.05, 0.1) is 17.8 Å². The van der Waals surface area contributed by atoms with Gasteiger partial charge in [-0.1, -0.05) is 43.3 Å². The number of aryl methyl sites for hydroxylation is 1. The van der Waals surface area contributed by atoms with Crippen molar-refractivity contribution in [3.8, 4) is 0 Å². The van der Waals surface area contributed by atoms with Crippen LogP contribution in [0.3, 0.4) is 0 Å². The highest BCUT2D eigenvalue weighted by Crippen LogP contribution is 2.54. The Labute approximate surface area is 389 Å². The van der Waals surface area contributed by atoms with Crippen LogP contribution in [0.2, 0.25) is 0 Å². The molecule has 2 saturated heterocycles. The lowest BCUT2D eigenvalue weighted by atomic mass is 9.59. The molecule has 2 saturated carbocycles. The third-order valence-electron chi connectivity index (χ3n) is 15.2. The van der Waals surface area contributed by atoms with Gasteiger partial charge in [-0.3, -0.25) is 39.2 Å². The van der Waals surface area contributed by atoms with Crippen LogP contribution in [0, 0.1) is 27.4 Å². The third-order valence-corrected chi connectivity index (χ3v) is 17.3. The van der Waals surface area contributed by atoms with Gasteiger partial charge in [0.2, 0.25) is 0 Å². The van der Waals surface area contributed by atoms with E-state index in [1.165, 1.54) is 43.4 Å². The molecule has 5 heterocycles. The molecule has 8 aliphatic rings. The van der Waals surface area contributed by atoms with Gasteiger partial charge < -0.3 is 10.1 Å². The lowest BCUT2D eigenvalue weighted by molar-refractivity contribution is -0.513. The molecule has 66 heavy (non-hydrogen) atoms. The fourth-order valence-electron chi connectivity index (χ4n) is 11.6. The molecule has 0 radical (unpaired) electrons. The quantitative estimate of drug-likeness (QED) is 0.149. The number of dihydropyridines is 1. The lowest BCUT2D eigenvalue weighted by Gasteiger charge is -2.56. The third kappa shape index (κ3) is 10.3. The Balaban J connectivity index is 0.837. The first-order chi connectivity index (χ1) is 31.7. The molecular weight excluding hydrogens is 879 g/mol. The van der Waals surface area contributed by atoms with Gasteiger partial charge in [0, 0.05) is 76.5 Å². The van der Waals surface area contributed by atoms with Crippen molar-refractivity contribution in [2.75, 3.05) is 38.7 Å². The van der Waals surface area contributed by atoms with Crippen molar-refractivity contribution in [3.63, 3.8) is 0 Å². The van der Waals surface area contributed by atoms with E-state index in [2.05, 4.69) is 70.7 Å². The summed E-state index contributed by atoms with van der Waals surface area (Å²) < 4.78 is 52.8. The van der Waals surface area contributed by atoms with E-state index >= 15 is 0 Å². The molecule has 356 valence electrons. The van der Waals surface area contributed by atoms with E-state index in [1.807, 2.05) is 18.4 Å². The highest BCUT2D eigenvalue weighted by atomic mass is 32.2. The van der Waals surface area contributed by atoms with Gasteiger partial charge in [-0.15, -0.1) is 0 Å². The first-order valence-corrected chi connectivity index (χ1v) is 27.7. The van der Waals surface area contributed by atoms with Gasteiger partial charge in [-0.05, 0) is 131 Å². The van der Waals surface area contributed by atoms with Gasteiger partial charge in [-0.2, -0.15) is 0 Å². The number of rotatable bonds is 14. The summed E-state index contributed by atoms with van der Waals surface area (Å²) in [6.07, 6.45) is 26.0. The Morgan fingerprint density at radius 2 is 1.83 bits per heavy atom. The summed E-state index contributed by atoms with van der Waals surface area (Å²) in [5.74, 6) is 0.966. The number of hydrogen-bond acceptors (Lipinski definition) is 14. The molecule has 2 unspecified atom stereocenters. The van der Waals surface area contributed by atoms with E-state index in [-0.39, 0.29) is 35.3 Å². The van der Waals surface area contributed by atoms with Crippen molar-refractivity contribution in [1.29, 1.82) is 0 Å². The van der Waals surface area contributed by atoms with Crippen molar-refractivity contribution in [2.24, 2.45) is 31.6 Å². The fraction of sp³-hybridized carbons (Fsp3) is 0.604. The van der Waals surface area contributed by atoms with Crippen LogP contribution in [0.15, 0.2) is 97.3 Å². The summed E-state index contributed by atoms with van der Waals surface area (Å²) in [6.45, 7) is 5.71. The topological polar surface area (TPSA) is 200 Å². The maximum atomic E-state index is 14.0. The zero-order valence-electron chi connectivity index (χ0n) is 38.3. The highest BCUT2D eigenvalue weighted by Gasteiger charge is 2.50. The molecule has 1 spiro atoms. The van der Waals surface area contributed by atoms with Crippen LogP contribution < -0.4 is 15.4 Å².